The Labute approximate surface area is 165 Å². The van der Waals surface area contributed by atoms with Gasteiger partial charge < -0.3 is 10.6 Å². The van der Waals surface area contributed by atoms with Crippen molar-refractivity contribution in [3.63, 3.8) is 0 Å². The predicted molar refractivity (Wildman–Crippen MR) is 110 cm³/mol. The molecule has 0 unspecified atom stereocenters. The summed E-state index contributed by atoms with van der Waals surface area (Å²) in [5, 5.41) is 6.46. The molecule has 5 heteroatoms. The minimum absolute atomic E-state index is 0.0259. The summed E-state index contributed by atoms with van der Waals surface area (Å²) in [6.07, 6.45) is 1.80. The number of anilines is 1. The summed E-state index contributed by atoms with van der Waals surface area (Å²) in [5.41, 5.74) is 6.20. The molecule has 0 spiro atoms. The van der Waals surface area contributed by atoms with Gasteiger partial charge in [-0.05, 0) is 68.1 Å². The van der Waals surface area contributed by atoms with E-state index in [9.17, 15) is 4.79 Å². The molecule has 1 heterocycles. The maximum atomic E-state index is 12.6. The normalized spacial score (nSPS) is 13.2. The van der Waals surface area contributed by atoms with Gasteiger partial charge in [0.1, 0.15) is 5.82 Å². The van der Waals surface area contributed by atoms with Gasteiger partial charge >= 0.3 is 0 Å². The lowest BCUT2D eigenvalue weighted by Crippen LogP contribution is -2.35. The van der Waals surface area contributed by atoms with Crippen LogP contribution in [0.5, 0.6) is 0 Å². The molecule has 0 saturated heterocycles. The SMILES string of the molecule is Cc1cc(C)nc(CNc2ccc(C(=O)NC3Cc4ccccc4C3)cc2)n1. The van der Waals surface area contributed by atoms with E-state index in [4.69, 9.17) is 0 Å². The van der Waals surface area contributed by atoms with Crippen molar-refractivity contribution in [2.75, 3.05) is 5.32 Å². The smallest absolute Gasteiger partial charge is 0.251 e. The minimum atomic E-state index is -0.0259. The number of nitrogens with one attached hydrogen (secondary N) is 2. The standard InChI is InChI=1S/C23H24N4O/c1-15-11-16(2)26-22(25-15)14-24-20-9-7-17(8-10-20)23(28)27-21-12-18-5-3-4-6-19(18)13-21/h3-11,21,24H,12-14H2,1-2H3,(H,27,28). The molecular weight excluding hydrogens is 348 g/mol. The Balaban J connectivity index is 1.33. The van der Waals surface area contributed by atoms with Gasteiger partial charge in [0.05, 0.1) is 6.54 Å². The molecule has 2 N–H and O–H groups in total. The molecule has 1 aliphatic carbocycles. The number of benzene rings is 2. The molecule has 28 heavy (non-hydrogen) atoms. The number of amides is 1. The highest BCUT2D eigenvalue weighted by Crippen LogP contribution is 2.22. The maximum Gasteiger partial charge on any atom is 0.251 e. The van der Waals surface area contributed by atoms with Crippen molar-refractivity contribution in [3.8, 4) is 0 Å². The molecule has 1 aliphatic rings. The molecule has 1 amide bonds. The molecule has 2 aromatic carbocycles. The molecular formula is C23H24N4O. The van der Waals surface area contributed by atoms with Gasteiger partial charge in [-0.1, -0.05) is 24.3 Å². The first-order valence-corrected chi connectivity index (χ1v) is 9.59. The van der Waals surface area contributed by atoms with Gasteiger partial charge in [0, 0.05) is 28.7 Å². The summed E-state index contributed by atoms with van der Waals surface area (Å²) in [5.74, 6) is 0.738. The first-order valence-electron chi connectivity index (χ1n) is 9.59. The molecule has 0 aliphatic heterocycles. The molecule has 0 saturated carbocycles. The van der Waals surface area contributed by atoms with Crippen LogP contribution in [0.25, 0.3) is 0 Å². The van der Waals surface area contributed by atoms with Crippen molar-refractivity contribution in [2.24, 2.45) is 0 Å². The summed E-state index contributed by atoms with van der Waals surface area (Å²) in [7, 11) is 0. The van der Waals surface area contributed by atoms with Crippen LogP contribution >= 0.6 is 0 Å². The van der Waals surface area contributed by atoms with E-state index in [1.54, 1.807) is 0 Å². The topological polar surface area (TPSA) is 66.9 Å². The average Bonchev–Trinajstić information content (AvgIpc) is 3.08. The second-order valence-electron chi connectivity index (χ2n) is 7.35. The van der Waals surface area contributed by atoms with Crippen molar-refractivity contribution < 1.29 is 4.79 Å². The third-order valence-corrected chi connectivity index (χ3v) is 5.01. The molecule has 0 fully saturated rings. The summed E-state index contributed by atoms with van der Waals surface area (Å²) >= 11 is 0. The van der Waals surface area contributed by atoms with Gasteiger partial charge in [0.2, 0.25) is 0 Å². The maximum absolute atomic E-state index is 12.6. The Morgan fingerprint density at radius 1 is 0.964 bits per heavy atom. The second kappa shape index (κ2) is 7.80. The van der Waals surface area contributed by atoms with Gasteiger partial charge in [0.25, 0.3) is 5.91 Å². The van der Waals surface area contributed by atoms with Gasteiger partial charge in [-0.15, -0.1) is 0 Å². The van der Waals surface area contributed by atoms with Crippen LogP contribution in [0.2, 0.25) is 0 Å². The number of rotatable bonds is 5. The van der Waals surface area contributed by atoms with E-state index in [-0.39, 0.29) is 11.9 Å². The zero-order valence-electron chi connectivity index (χ0n) is 16.2. The van der Waals surface area contributed by atoms with Crippen LogP contribution in [0.4, 0.5) is 5.69 Å². The van der Waals surface area contributed by atoms with Gasteiger partial charge in [-0.2, -0.15) is 0 Å². The van der Waals surface area contributed by atoms with Gasteiger partial charge in [-0.25, -0.2) is 9.97 Å². The third kappa shape index (κ3) is 4.19. The summed E-state index contributed by atoms with van der Waals surface area (Å²) in [6, 6.07) is 18.1. The lowest BCUT2D eigenvalue weighted by molar-refractivity contribution is 0.0938. The number of hydrogen-bond acceptors (Lipinski definition) is 4. The molecule has 142 valence electrons. The predicted octanol–water partition coefficient (Wildman–Crippen LogP) is 3.60. The van der Waals surface area contributed by atoms with Gasteiger partial charge in [-0.3, -0.25) is 4.79 Å². The van der Waals surface area contributed by atoms with Crippen molar-refractivity contribution >= 4 is 11.6 Å². The van der Waals surface area contributed by atoms with E-state index >= 15 is 0 Å². The lowest BCUT2D eigenvalue weighted by Gasteiger charge is -2.13. The summed E-state index contributed by atoms with van der Waals surface area (Å²) < 4.78 is 0. The van der Waals surface area contributed by atoms with Gasteiger partial charge in [0.15, 0.2) is 0 Å². The highest BCUT2D eigenvalue weighted by Gasteiger charge is 2.22. The van der Waals surface area contributed by atoms with Crippen LogP contribution in [0.15, 0.2) is 54.6 Å². The Kier molecular flexibility index (Phi) is 5.06. The minimum Gasteiger partial charge on any atom is -0.378 e. The van der Waals surface area contributed by atoms with E-state index in [2.05, 4.69) is 44.9 Å². The Bertz CT molecular complexity index is 952. The first kappa shape index (κ1) is 18.2. The largest absolute Gasteiger partial charge is 0.378 e. The fourth-order valence-electron chi connectivity index (χ4n) is 3.73. The van der Waals surface area contributed by atoms with Crippen molar-refractivity contribution in [1.29, 1.82) is 0 Å². The second-order valence-corrected chi connectivity index (χ2v) is 7.35. The average molecular weight is 372 g/mol. The van der Waals surface area contributed by atoms with Crippen LogP contribution < -0.4 is 10.6 Å². The van der Waals surface area contributed by atoms with E-state index < -0.39 is 0 Å². The van der Waals surface area contributed by atoms with Crippen molar-refractivity contribution in [1.82, 2.24) is 15.3 Å². The summed E-state index contributed by atoms with van der Waals surface area (Å²) in [4.78, 5) is 21.4. The van der Waals surface area contributed by atoms with Crippen LogP contribution in [0.3, 0.4) is 0 Å². The number of nitrogens with zero attached hydrogens (tertiary/aromatic N) is 2. The Morgan fingerprint density at radius 2 is 1.57 bits per heavy atom. The zero-order chi connectivity index (χ0) is 19.5. The number of aromatic nitrogens is 2. The molecule has 0 radical (unpaired) electrons. The first-order chi connectivity index (χ1) is 13.6. The fourth-order valence-corrected chi connectivity index (χ4v) is 3.73. The Morgan fingerprint density at radius 3 is 2.18 bits per heavy atom. The van der Waals surface area contributed by atoms with E-state index in [1.807, 2.05) is 44.2 Å². The van der Waals surface area contributed by atoms with Crippen LogP contribution in [0.1, 0.15) is 38.7 Å². The molecule has 4 rings (SSSR count). The van der Waals surface area contributed by atoms with Crippen molar-refractivity contribution in [3.05, 3.63) is 88.5 Å². The number of fused-ring (bicyclic) bond motifs is 1. The third-order valence-electron chi connectivity index (χ3n) is 5.01. The molecule has 0 atom stereocenters. The highest BCUT2D eigenvalue weighted by molar-refractivity contribution is 5.94. The van der Waals surface area contributed by atoms with Crippen LogP contribution in [-0.4, -0.2) is 21.9 Å². The lowest BCUT2D eigenvalue weighted by atomic mass is 10.1. The monoisotopic (exact) mass is 372 g/mol. The number of aryl methyl sites for hydroxylation is 2. The van der Waals surface area contributed by atoms with E-state index in [1.165, 1.54) is 11.1 Å². The van der Waals surface area contributed by atoms with E-state index in [0.717, 1.165) is 35.7 Å². The van der Waals surface area contributed by atoms with E-state index in [0.29, 0.717) is 12.1 Å². The highest BCUT2D eigenvalue weighted by atomic mass is 16.1. The molecule has 1 aromatic heterocycles. The Hall–Kier alpha value is -3.21. The summed E-state index contributed by atoms with van der Waals surface area (Å²) in [6.45, 7) is 4.48. The quantitative estimate of drug-likeness (QED) is 0.718. The van der Waals surface area contributed by atoms with Crippen LogP contribution in [0, 0.1) is 13.8 Å². The zero-order valence-corrected chi connectivity index (χ0v) is 16.2. The number of carbonyl (C=O) groups excluding carboxylic acids is 1. The van der Waals surface area contributed by atoms with Crippen molar-refractivity contribution in [2.45, 2.75) is 39.3 Å². The molecule has 3 aromatic rings. The number of hydrogen-bond donors (Lipinski definition) is 2. The molecule has 0 bridgehead atoms. The number of carbonyl (C=O) groups is 1. The fraction of sp³-hybridized carbons (Fsp3) is 0.261. The van der Waals surface area contributed by atoms with Crippen LogP contribution in [-0.2, 0) is 19.4 Å². The molecule has 5 nitrogen and oxygen atoms in total.